The predicted octanol–water partition coefficient (Wildman–Crippen LogP) is 3.59. The Balaban J connectivity index is 1.55. The number of nitrogens with zero attached hydrogens (tertiary/aromatic N) is 1. The summed E-state index contributed by atoms with van der Waals surface area (Å²) in [5, 5.41) is 3.23. The van der Waals surface area contributed by atoms with E-state index >= 15 is 0 Å². The van der Waals surface area contributed by atoms with Crippen LogP contribution in [0.25, 0.3) is 0 Å². The van der Waals surface area contributed by atoms with Gasteiger partial charge in [0.1, 0.15) is 13.2 Å². The minimum absolute atomic E-state index is 0.0373. The molecule has 2 aliphatic heterocycles. The first kappa shape index (κ1) is 18.6. The molecule has 0 spiro atoms. The van der Waals surface area contributed by atoms with Gasteiger partial charge in [0, 0.05) is 25.6 Å². The second kappa shape index (κ2) is 7.72. The summed E-state index contributed by atoms with van der Waals surface area (Å²) in [6.07, 6.45) is 0.948. The summed E-state index contributed by atoms with van der Waals surface area (Å²) in [4.78, 5) is 26.7. The van der Waals surface area contributed by atoms with Crippen LogP contribution in [-0.2, 0) is 16.0 Å². The van der Waals surface area contributed by atoms with E-state index in [1.165, 1.54) is 12.5 Å². The number of nitrogens with one attached hydrogen (secondary N) is 1. The highest BCUT2D eigenvalue weighted by molar-refractivity contribution is 6.34. The van der Waals surface area contributed by atoms with Gasteiger partial charge in [-0.1, -0.05) is 35.9 Å². The molecule has 7 heteroatoms. The minimum atomic E-state index is -0.293. The van der Waals surface area contributed by atoms with Crippen molar-refractivity contribution in [1.29, 1.82) is 0 Å². The summed E-state index contributed by atoms with van der Waals surface area (Å²) in [7, 11) is 0. The smallest absolute Gasteiger partial charge is 0.226 e. The number of anilines is 1. The van der Waals surface area contributed by atoms with Crippen LogP contribution in [0.5, 0.6) is 11.5 Å². The van der Waals surface area contributed by atoms with Gasteiger partial charge in [0.25, 0.3) is 0 Å². The van der Waals surface area contributed by atoms with Crippen molar-refractivity contribution in [3.05, 3.63) is 52.5 Å². The van der Waals surface area contributed by atoms with Gasteiger partial charge in [0.2, 0.25) is 11.8 Å². The van der Waals surface area contributed by atoms with E-state index in [0.717, 1.165) is 12.0 Å². The molecule has 0 bridgehead atoms. The van der Waals surface area contributed by atoms with Crippen LogP contribution in [0.3, 0.4) is 0 Å². The zero-order chi connectivity index (χ0) is 19.7. The molecular weight excluding hydrogens is 380 g/mol. The van der Waals surface area contributed by atoms with Crippen LogP contribution in [0.2, 0.25) is 5.02 Å². The molecule has 4 rings (SSSR count). The van der Waals surface area contributed by atoms with E-state index in [4.69, 9.17) is 21.1 Å². The van der Waals surface area contributed by atoms with Crippen molar-refractivity contribution >= 4 is 29.1 Å². The second-order valence-electron chi connectivity index (χ2n) is 6.91. The molecule has 28 heavy (non-hydrogen) atoms. The van der Waals surface area contributed by atoms with Crippen LogP contribution in [-0.4, -0.2) is 36.5 Å². The number of ether oxygens (including phenoxy) is 2. The Hall–Kier alpha value is -2.73. The van der Waals surface area contributed by atoms with Crippen molar-refractivity contribution in [2.75, 3.05) is 25.1 Å². The van der Waals surface area contributed by atoms with Crippen LogP contribution in [0.15, 0.2) is 36.4 Å². The number of halogens is 1. The lowest BCUT2D eigenvalue weighted by atomic mass is 9.90. The summed E-state index contributed by atoms with van der Waals surface area (Å²) < 4.78 is 11.1. The fourth-order valence-electron chi connectivity index (χ4n) is 3.79. The van der Waals surface area contributed by atoms with E-state index < -0.39 is 0 Å². The summed E-state index contributed by atoms with van der Waals surface area (Å²) in [6.45, 7) is 3.07. The van der Waals surface area contributed by atoms with Crippen LogP contribution < -0.4 is 14.8 Å². The summed E-state index contributed by atoms with van der Waals surface area (Å²) in [6, 6.07) is 11.0. The molecule has 2 heterocycles. The number of carbonyl (C=O) groups excluding carboxylic acids is 2. The molecule has 2 aliphatic rings. The Labute approximate surface area is 168 Å². The molecule has 1 atom stereocenters. The van der Waals surface area contributed by atoms with E-state index in [1.54, 1.807) is 17.0 Å². The average molecular weight is 401 g/mol. The third-order valence-electron chi connectivity index (χ3n) is 5.10. The molecule has 2 amide bonds. The van der Waals surface area contributed by atoms with Gasteiger partial charge in [-0.15, -0.1) is 0 Å². The molecule has 2 aromatic carbocycles. The summed E-state index contributed by atoms with van der Waals surface area (Å²) >= 11 is 6.29. The Morgan fingerprint density at radius 1 is 1.18 bits per heavy atom. The lowest BCUT2D eigenvalue weighted by Crippen LogP contribution is -2.40. The van der Waals surface area contributed by atoms with Crippen molar-refractivity contribution in [2.45, 2.75) is 25.8 Å². The number of amides is 2. The molecule has 0 aromatic heterocycles. The van der Waals surface area contributed by atoms with Gasteiger partial charge in [-0.3, -0.25) is 9.59 Å². The third-order valence-corrected chi connectivity index (χ3v) is 5.41. The molecule has 6 nitrogen and oxygen atoms in total. The normalized spacial score (nSPS) is 17.6. The molecule has 1 unspecified atom stereocenters. The van der Waals surface area contributed by atoms with Crippen molar-refractivity contribution in [2.24, 2.45) is 0 Å². The second-order valence-corrected chi connectivity index (χ2v) is 7.31. The van der Waals surface area contributed by atoms with E-state index in [-0.39, 0.29) is 24.3 Å². The van der Waals surface area contributed by atoms with Gasteiger partial charge in [-0.05, 0) is 17.5 Å². The monoisotopic (exact) mass is 400 g/mol. The maximum atomic E-state index is 12.8. The fraction of sp³-hybridized carbons (Fsp3) is 0.333. The van der Waals surface area contributed by atoms with Crippen molar-refractivity contribution in [1.82, 2.24) is 4.90 Å². The molecule has 0 radical (unpaired) electrons. The molecule has 0 saturated carbocycles. The van der Waals surface area contributed by atoms with Gasteiger partial charge in [0.05, 0.1) is 23.2 Å². The zero-order valence-electron chi connectivity index (χ0n) is 15.5. The SMILES string of the molecule is CC(=O)N1CCc2ccccc2C1CC(=O)Nc1cc2c(cc1Cl)OCCO2. The molecule has 146 valence electrons. The topological polar surface area (TPSA) is 67.9 Å². The number of fused-ring (bicyclic) bond motifs is 2. The molecule has 1 N–H and O–H groups in total. The number of hydrogen-bond donors (Lipinski definition) is 1. The predicted molar refractivity (Wildman–Crippen MR) is 106 cm³/mol. The maximum absolute atomic E-state index is 12.8. The maximum Gasteiger partial charge on any atom is 0.226 e. The standard InChI is InChI=1S/C21H21ClN2O4/c1-13(25)24-7-6-14-4-2-3-5-15(14)18(24)12-21(26)23-17-11-20-19(10-16(17)22)27-8-9-28-20/h2-5,10-11,18H,6-9,12H2,1H3,(H,23,26). The number of rotatable bonds is 3. The number of benzene rings is 2. The Morgan fingerprint density at radius 3 is 2.64 bits per heavy atom. The Kier molecular flexibility index (Phi) is 5.13. The van der Waals surface area contributed by atoms with Gasteiger partial charge in [-0.25, -0.2) is 0 Å². The first-order valence-corrected chi connectivity index (χ1v) is 9.64. The van der Waals surface area contributed by atoms with Gasteiger partial charge in [0.15, 0.2) is 11.5 Å². The van der Waals surface area contributed by atoms with Crippen molar-refractivity contribution < 1.29 is 19.1 Å². The highest BCUT2D eigenvalue weighted by Crippen LogP contribution is 2.38. The zero-order valence-corrected chi connectivity index (χ0v) is 16.3. The highest BCUT2D eigenvalue weighted by atomic mass is 35.5. The Bertz CT molecular complexity index is 931. The van der Waals surface area contributed by atoms with Crippen LogP contribution in [0.4, 0.5) is 5.69 Å². The van der Waals surface area contributed by atoms with Crippen molar-refractivity contribution in [3.63, 3.8) is 0 Å². The first-order valence-electron chi connectivity index (χ1n) is 9.27. The van der Waals surface area contributed by atoms with E-state index in [2.05, 4.69) is 11.4 Å². The minimum Gasteiger partial charge on any atom is -0.486 e. The van der Waals surface area contributed by atoms with E-state index in [1.807, 2.05) is 18.2 Å². The van der Waals surface area contributed by atoms with E-state index in [0.29, 0.717) is 42.0 Å². The fourth-order valence-corrected chi connectivity index (χ4v) is 3.99. The first-order chi connectivity index (χ1) is 13.5. The van der Waals surface area contributed by atoms with Crippen LogP contribution in [0, 0.1) is 0 Å². The quantitative estimate of drug-likeness (QED) is 0.855. The van der Waals surface area contributed by atoms with Gasteiger partial charge < -0.3 is 19.7 Å². The molecule has 0 fully saturated rings. The van der Waals surface area contributed by atoms with Crippen LogP contribution in [0.1, 0.15) is 30.5 Å². The summed E-state index contributed by atoms with van der Waals surface area (Å²) in [5.41, 5.74) is 2.66. The van der Waals surface area contributed by atoms with Gasteiger partial charge >= 0.3 is 0 Å². The Morgan fingerprint density at radius 2 is 1.89 bits per heavy atom. The van der Waals surface area contributed by atoms with Crippen LogP contribution >= 0.6 is 11.6 Å². The lowest BCUT2D eigenvalue weighted by Gasteiger charge is -2.36. The van der Waals surface area contributed by atoms with Crippen molar-refractivity contribution in [3.8, 4) is 11.5 Å². The van der Waals surface area contributed by atoms with E-state index in [9.17, 15) is 9.59 Å². The average Bonchev–Trinajstić information content (AvgIpc) is 2.68. The highest BCUT2D eigenvalue weighted by Gasteiger charge is 2.30. The largest absolute Gasteiger partial charge is 0.486 e. The third kappa shape index (κ3) is 3.64. The lowest BCUT2D eigenvalue weighted by molar-refractivity contribution is -0.132. The molecule has 0 saturated heterocycles. The molecule has 0 aliphatic carbocycles. The molecular formula is C21H21ClN2O4. The van der Waals surface area contributed by atoms with Gasteiger partial charge in [-0.2, -0.15) is 0 Å². The molecule has 2 aromatic rings. The summed E-state index contributed by atoms with van der Waals surface area (Å²) in [5.74, 6) is 0.869. The number of hydrogen-bond acceptors (Lipinski definition) is 4. The number of carbonyl (C=O) groups is 2.